The summed E-state index contributed by atoms with van der Waals surface area (Å²) in [6.07, 6.45) is 4.10. The Kier molecular flexibility index (Phi) is 4.83. The highest BCUT2D eigenvalue weighted by molar-refractivity contribution is 5.67. The van der Waals surface area contributed by atoms with E-state index in [2.05, 4.69) is 15.0 Å². The molecular weight excluding hydrogens is 232 g/mol. The van der Waals surface area contributed by atoms with E-state index in [-0.39, 0.29) is 18.7 Å². The molecule has 2 N–H and O–H groups in total. The molecule has 2 unspecified atom stereocenters. The SMILES string of the molecule is COC(=O)NC1CC(CCO)CN(CC2CC2)C1. The van der Waals surface area contributed by atoms with Crippen LogP contribution in [-0.2, 0) is 4.74 Å². The number of hydrogen-bond donors (Lipinski definition) is 2. The summed E-state index contributed by atoms with van der Waals surface area (Å²) >= 11 is 0. The Hall–Kier alpha value is -0.810. The van der Waals surface area contributed by atoms with Crippen LogP contribution in [0.5, 0.6) is 0 Å². The number of alkyl carbamates (subject to hydrolysis) is 1. The molecule has 5 nitrogen and oxygen atoms in total. The number of nitrogens with one attached hydrogen (secondary N) is 1. The lowest BCUT2D eigenvalue weighted by atomic mass is 9.91. The van der Waals surface area contributed by atoms with E-state index in [9.17, 15) is 4.79 Å². The molecule has 1 saturated carbocycles. The van der Waals surface area contributed by atoms with Crippen molar-refractivity contribution in [3.8, 4) is 0 Å². The first-order chi connectivity index (χ1) is 8.71. The minimum Gasteiger partial charge on any atom is -0.453 e. The van der Waals surface area contributed by atoms with Gasteiger partial charge >= 0.3 is 6.09 Å². The number of hydrogen-bond acceptors (Lipinski definition) is 4. The standard InChI is InChI=1S/C13H24N2O3/c1-18-13(17)14-12-6-11(4-5-16)8-15(9-12)7-10-2-3-10/h10-12,16H,2-9H2,1H3,(H,14,17). The zero-order chi connectivity index (χ0) is 13.0. The Balaban J connectivity index is 1.85. The van der Waals surface area contributed by atoms with E-state index in [1.807, 2.05) is 0 Å². The predicted molar refractivity (Wildman–Crippen MR) is 68.3 cm³/mol. The van der Waals surface area contributed by atoms with Crippen molar-refractivity contribution < 1.29 is 14.6 Å². The molecule has 5 heteroatoms. The number of likely N-dealkylation sites (tertiary alicyclic amines) is 1. The molecule has 0 aromatic rings. The summed E-state index contributed by atoms with van der Waals surface area (Å²) in [5.41, 5.74) is 0. The number of carbonyl (C=O) groups excluding carboxylic acids is 1. The highest BCUT2D eigenvalue weighted by Crippen LogP contribution is 2.31. The van der Waals surface area contributed by atoms with Crippen LogP contribution in [0, 0.1) is 11.8 Å². The van der Waals surface area contributed by atoms with Crippen molar-refractivity contribution in [1.82, 2.24) is 10.2 Å². The third kappa shape index (κ3) is 4.14. The molecule has 2 atom stereocenters. The molecule has 0 aromatic heterocycles. The van der Waals surface area contributed by atoms with Gasteiger partial charge in [0.25, 0.3) is 0 Å². The van der Waals surface area contributed by atoms with E-state index in [0.717, 1.165) is 38.4 Å². The van der Waals surface area contributed by atoms with Gasteiger partial charge in [-0.2, -0.15) is 0 Å². The zero-order valence-electron chi connectivity index (χ0n) is 11.1. The van der Waals surface area contributed by atoms with Gasteiger partial charge in [-0.1, -0.05) is 0 Å². The first kappa shape index (κ1) is 13.6. The van der Waals surface area contributed by atoms with Crippen LogP contribution < -0.4 is 5.32 Å². The first-order valence-electron chi connectivity index (χ1n) is 6.89. The lowest BCUT2D eigenvalue weighted by molar-refractivity contribution is 0.109. The Labute approximate surface area is 108 Å². The number of nitrogens with zero attached hydrogens (tertiary/aromatic N) is 1. The van der Waals surface area contributed by atoms with Crippen molar-refractivity contribution in [2.24, 2.45) is 11.8 Å². The number of piperidine rings is 1. The minimum atomic E-state index is -0.351. The normalized spacial score (nSPS) is 29.0. The van der Waals surface area contributed by atoms with Gasteiger partial charge in [-0.05, 0) is 37.5 Å². The molecule has 1 aliphatic carbocycles. The molecule has 1 heterocycles. The number of aliphatic hydroxyl groups excluding tert-OH is 1. The van der Waals surface area contributed by atoms with Gasteiger partial charge in [-0.3, -0.25) is 0 Å². The van der Waals surface area contributed by atoms with Crippen LogP contribution in [0.25, 0.3) is 0 Å². The second kappa shape index (κ2) is 6.38. The van der Waals surface area contributed by atoms with Crippen LogP contribution in [0.15, 0.2) is 0 Å². The van der Waals surface area contributed by atoms with E-state index in [4.69, 9.17) is 5.11 Å². The summed E-state index contributed by atoms with van der Waals surface area (Å²) in [5.74, 6) is 1.33. The molecule has 1 aliphatic heterocycles. The highest BCUT2D eigenvalue weighted by atomic mass is 16.5. The van der Waals surface area contributed by atoms with Crippen LogP contribution in [0.4, 0.5) is 4.79 Å². The molecule has 0 spiro atoms. The van der Waals surface area contributed by atoms with Crippen LogP contribution in [-0.4, -0.2) is 55.5 Å². The van der Waals surface area contributed by atoms with Crippen LogP contribution in [0.1, 0.15) is 25.7 Å². The van der Waals surface area contributed by atoms with Crippen LogP contribution in [0.3, 0.4) is 0 Å². The quantitative estimate of drug-likeness (QED) is 0.764. The lowest BCUT2D eigenvalue weighted by Crippen LogP contribution is -2.51. The first-order valence-corrected chi connectivity index (χ1v) is 6.89. The van der Waals surface area contributed by atoms with Gasteiger partial charge in [0.15, 0.2) is 0 Å². The third-order valence-corrected chi connectivity index (χ3v) is 3.87. The molecule has 2 fully saturated rings. The van der Waals surface area contributed by atoms with Crippen molar-refractivity contribution in [3.05, 3.63) is 0 Å². The fourth-order valence-corrected chi connectivity index (χ4v) is 2.84. The zero-order valence-corrected chi connectivity index (χ0v) is 11.1. The van der Waals surface area contributed by atoms with Gasteiger partial charge in [0, 0.05) is 32.3 Å². The number of ether oxygens (including phenoxy) is 1. The van der Waals surface area contributed by atoms with Gasteiger partial charge in [0.05, 0.1) is 7.11 Å². The number of amides is 1. The Morgan fingerprint density at radius 2 is 2.17 bits per heavy atom. The average Bonchev–Trinajstić information content (AvgIpc) is 3.13. The lowest BCUT2D eigenvalue weighted by Gasteiger charge is -2.37. The van der Waals surface area contributed by atoms with Gasteiger partial charge in [-0.15, -0.1) is 0 Å². The van der Waals surface area contributed by atoms with E-state index >= 15 is 0 Å². The fraction of sp³-hybridized carbons (Fsp3) is 0.923. The van der Waals surface area contributed by atoms with Crippen LogP contribution in [0.2, 0.25) is 0 Å². The van der Waals surface area contributed by atoms with Gasteiger partial charge in [-0.25, -0.2) is 4.79 Å². The smallest absolute Gasteiger partial charge is 0.407 e. The van der Waals surface area contributed by atoms with Crippen molar-refractivity contribution in [2.45, 2.75) is 31.7 Å². The maximum atomic E-state index is 11.3. The van der Waals surface area contributed by atoms with Crippen LogP contribution >= 0.6 is 0 Å². The summed E-state index contributed by atoms with van der Waals surface area (Å²) in [6.45, 7) is 3.33. The molecule has 2 aliphatic rings. The van der Waals surface area contributed by atoms with Crippen molar-refractivity contribution in [1.29, 1.82) is 0 Å². The van der Waals surface area contributed by atoms with E-state index in [1.54, 1.807) is 0 Å². The second-order valence-corrected chi connectivity index (χ2v) is 5.61. The highest BCUT2D eigenvalue weighted by Gasteiger charge is 2.31. The Morgan fingerprint density at radius 3 is 2.78 bits per heavy atom. The third-order valence-electron chi connectivity index (χ3n) is 3.87. The van der Waals surface area contributed by atoms with E-state index < -0.39 is 0 Å². The van der Waals surface area contributed by atoms with Crippen molar-refractivity contribution >= 4 is 6.09 Å². The molecular formula is C13H24N2O3. The monoisotopic (exact) mass is 256 g/mol. The molecule has 0 aromatic carbocycles. The van der Waals surface area contributed by atoms with Crippen molar-refractivity contribution in [2.75, 3.05) is 33.4 Å². The number of aliphatic hydroxyl groups is 1. The summed E-state index contributed by atoms with van der Waals surface area (Å²) in [4.78, 5) is 13.7. The molecule has 18 heavy (non-hydrogen) atoms. The summed E-state index contributed by atoms with van der Waals surface area (Å²) in [7, 11) is 1.39. The van der Waals surface area contributed by atoms with Gasteiger partial charge in [0.2, 0.25) is 0 Å². The maximum Gasteiger partial charge on any atom is 0.407 e. The molecule has 0 radical (unpaired) electrons. The van der Waals surface area contributed by atoms with Gasteiger partial charge < -0.3 is 20.1 Å². The molecule has 2 rings (SSSR count). The topological polar surface area (TPSA) is 61.8 Å². The predicted octanol–water partition coefficient (Wildman–Crippen LogP) is 0.825. The Bertz CT molecular complexity index is 281. The summed E-state index contributed by atoms with van der Waals surface area (Å²) in [6, 6.07) is 0.154. The van der Waals surface area contributed by atoms with E-state index in [0.29, 0.717) is 5.92 Å². The fourth-order valence-electron chi connectivity index (χ4n) is 2.84. The molecule has 0 bridgehead atoms. The molecule has 104 valence electrons. The average molecular weight is 256 g/mol. The number of methoxy groups -OCH3 is 1. The number of rotatable bonds is 5. The summed E-state index contributed by atoms with van der Waals surface area (Å²) in [5, 5.41) is 12.0. The van der Waals surface area contributed by atoms with Crippen molar-refractivity contribution in [3.63, 3.8) is 0 Å². The second-order valence-electron chi connectivity index (χ2n) is 5.61. The van der Waals surface area contributed by atoms with E-state index in [1.165, 1.54) is 20.0 Å². The van der Waals surface area contributed by atoms with Gasteiger partial charge in [0.1, 0.15) is 0 Å². The molecule has 1 saturated heterocycles. The number of carbonyl (C=O) groups is 1. The maximum absolute atomic E-state index is 11.3. The molecule has 1 amide bonds. The summed E-state index contributed by atoms with van der Waals surface area (Å²) < 4.78 is 4.66. The minimum absolute atomic E-state index is 0.154. The Morgan fingerprint density at radius 1 is 1.39 bits per heavy atom. The largest absolute Gasteiger partial charge is 0.453 e.